The van der Waals surface area contributed by atoms with E-state index in [4.69, 9.17) is 27.4 Å². The van der Waals surface area contributed by atoms with Gasteiger partial charge in [-0.3, -0.25) is 38.6 Å². The standard InChI is InChI=1S/C24H39N11O9/c1-11(19(39)35-16(6-13-8-28-10-31-13)22(42)33-12(2)23(43)44)32-21(41)15(4-3-5-29-24(26)27)34-17(36)9-30-20(40)14(25)7-18(37)38/h8,10-12,14-16H,3-7,9,25H2,1-2H3,(H,28,31)(H,30,40)(H,32,41)(H,33,42)(H,34,36)(H,35,39)(H,37,38)(H,43,44)(H4,26,27,29)/t11-,12-,14+,15-,16-/m0/s1. The third kappa shape index (κ3) is 14.1. The molecule has 1 aromatic heterocycles. The topological polar surface area (TPSA) is 339 Å². The Morgan fingerprint density at radius 3 is 2.11 bits per heavy atom. The molecule has 0 radical (unpaired) electrons. The van der Waals surface area contributed by atoms with Crippen LogP contribution in [-0.4, -0.2) is 111 Å². The molecule has 0 unspecified atom stereocenters. The lowest BCUT2D eigenvalue weighted by atomic mass is 10.1. The molecule has 0 aliphatic heterocycles. The highest BCUT2D eigenvalue weighted by Crippen LogP contribution is 2.03. The zero-order chi connectivity index (χ0) is 33.4. The van der Waals surface area contributed by atoms with Gasteiger partial charge in [0.1, 0.15) is 24.2 Å². The lowest BCUT2D eigenvalue weighted by Crippen LogP contribution is -2.57. The number of aromatic amines is 1. The first-order valence-corrected chi connectivity index (χ1v) is 13.3. The number of aliphatic imine (C=N–C) groups is 1. The van der Waals surface area contributed by atoms with Crippen LogP contribution in [0.15, 0.2) is 17.5 Å². The van der Waals surface area contributed by atoms with Crippen LogP contribution >= 0.6 is 0 Å². The van der Waals surface area contributed by atoms with E-state index in [0.29, 0.717) is 5.69 Å². The summed E-state index contributed by atoms with van der Waals surface area (Å²) in [7, 11) is 0. The first-order chi connectivity index (χ1) is 20.6. The molecule has 14 N–H and O–H groups in total. The molecule has 0 aliphatic rings. The first kappa shape index (κ1) is 36.8. The summed E-state index contributed by atoms with van der Waals surface area (Å²) in [5.41, 5.74) is 16.5. The molecule has 1 aromatic rings. The maximum Gasteiger partial charge on any atom is 0.325 e. The second-order valence-corrected chi connectivity index (χ2v) is 9.63. The van der Waals surface area contributed by atoms with Gasteiger partial charge in [0.05, 0.1) is 25.3 Å². The van der Waals surface area contributed by atoms with Gasteiger partial charge in [0.15, 0.2) is 5.96 Å². The summed E-state index contributed by atoms with van der Waals surface area (Å²) in [6, 6.07) is -6.35. The van der Waals surface area contributed by atoms with Crippen molar-refractivity contribution in [3.8, 4) is 0 Å². The monoisotopic (exact) mass is 625 g/mol. The van der Waals surface area contributed by atoms with E-state index in [0.717, 1.165) is 0 Å². The summed E-state index contributed by atoms with van der Waals surface area (Å²) < 4.78 is 0. The average Bonchev–Trinajstić information content (AvgIpc) is 3.45. The van der Waals surface area contributed by atoms with Crippen molar-refractivity contribution in [2.45, 2.75) is 69.7 Å². The molecule has 244 valence electrons. The highest BCUT2D eigenvalue weighted by molar-refractivity contribution is 5.95. The van der Waals surface area contributed by atoms with Crippen LogP contribution in [-0.2, 0) is 40.0 Å². The fraction of sp³-hybridized carbons (Fsp3) is 0.542. The lowest BCUT2D eigenvalue weighted by Gasteiger charge is -2.24. The molecule has 0 saturated carbocycles. The van der Waals surface area contributed by atoms with E-state index in [1.165, 1.54) is 26.4 Å². The number of amides is 5. The highest BCUT2D eigenvalue weighted by atomic mass is 16.4. The van der Waals surface area contributed by atoms with Gasteiger partial charge < -0.3 is 59.0 Å². The number of guanidine groups is 1. The van der Waals surface area contributed by atoms with Crippen LogP contribution in [0.25, 0.3) is 0 Å². The van der Waals surface area contributed by atoms with Gasteiger partial charge in [0.25, 0.3) is 0 Å². The Hall–Kier alpha value is -5.27. The highest BCUT2D eigenvalue weighted by Gasteiger charge is 2.29. The van der Waals surface area contributed by atoms with Gasteiger partial charge >= 0.3 is 11.9 Å². The van der Waals surface area contributed by atoms with Gasteiger partial charge in [0.2, 0.25) is 29.5 Å². The Morgan fingerprint density at radius 1 is 0.909 bits per heavy atom. The molecule has 0 spiro atoms. The Labute approximate surface area is 251 Å². The minimum atomic E-state index is -1.40. The number of carboxylic acid groups (broad SMARTS) is 2. The molecule has 5 amide bonds. The largest absolute Gasteiger partial charge is 0.481 e. The molecule has 5 atom stereocenters. The predicted octanol–water partition coefficient (Wildman–Crippen LogP) is -5.01. The van der Waals surface area contributed by atoms with Crippen molar-refractivity contribution < 1.29 is 43.8 Å². The fourth-order valence-corrected chi connectivity index (χ4v) is 3.47. The SMILES string of the molecule is C[C@H](NC(=O)[C@H](Cc1cnc[nH]1)NC(=O)[C@H](C)NC(=O)[C@H](CCCN=C(N)N)NC(=O)CNC(=O)[C@H](N)CC(=O)O)C(=O)O. The molecule has 0 saturated heterocycles. The van der Waals surface area contributed by atoms with Crippen LogP contribution in [0, 0.1) is 0 Å². The van der Waals surface area contributed by atoms with Gasteiger partial charge in [-0.15, -0.1) is 0 Å². The van der Waals surface area contributed by atoms with Crippen LogP contribution in [0.2, 0.25) is 0 Å². The Kier molecular flexibility index (Phi) is 15.3. The molecule has 0 aliphatic carbocycles. The summed E-state index contributed by atoms with van der Waals surface area (Å²) in [5.74, 6) is -6.89. The number of imidazole rings is 1. The zero-order valence-corrected chi connectivity index (χ0v) is 24.2. The Balaban J connectivity index is 2.91. The maximum absolute atomic E-state index is 13.1. The zero-order valence-electron chi connectivity index (χ0n) is 24.2. The third-order valence-electron chi connectivity index (χ3n) is 5.84. The van der Waals surface area contributed by atoms with Gasteiger partial charge in [-0.1, -0.05) is 0 Å². The van der Waals surface area contributed by atoms with E-state index in [9.17, 15) is 33.6 Å². The molecular weight excluding hydrogens is 586 g/mol. The molecular formula is C24H39N11O9. The van der Waals surface area contributed by atoms with E-state index >= 15 is 0 Å². The van der Waals surface area contributed by atoms with Crippen molar-refractivity contribution in [3.63, 3.8) is 0 Å². The van der Waals surface area contributed by atoms with E-state index < -0.39 is 84.6 Å². The number of nitrogens with zero attached hydrogens (tertiary/aromatic N) is 2. The smallest absolute Gasteiger partial charge is 0.325 e. The van der Waals surface area contributed by atoms with Crippen molar-refractivity contribution >= 4 is 47.4 Å². The van der Waals surface area contributed by atoms with E-state index in [-0.39, 0.29) is 31.8 Å². The van der Waals surface area contributed by atoms with Gasteiger partial charge in [0, 0.05) is 24.9 Å². The number of carbonyl (C=O) groups excluding carboxylic acids is 5. The summed E-state index contributed by atoms with van der Waals surface area (Å²) >= 11 is 0. The number of carbonyl (C=O) groups is 7. The number of nitrogens with one attached hydrogen (secondary N) is 6. The quantitative estimate of drug-likeness (QED) is 0.0390. The lowest BCUT2D eigenvalue weighted by molar-refractivity contribution is -0.141. The van der Waals surface area contributed by atoms with E-state index in [1.807, 2.05) is 0 Å². The molecule has 20 heteroatoms. The number of hydrogen-bond donors (Lipinski definition) is 11. The average molecular weight is 626 g/mol. The number of hydrogen-bond acceptors (Lipinski definition) is 10. The summed E-state index contributed by atoms with van der Waals surface area (Å²) in [5, 5.41) is 29.6. The second-order valence-electron chi connectivity index (χ2n) is 9.63. The summed E-state index contributed by atoms with van der Waals surface area (Å²) in [4.78, 5) is 95.5. The minimum Gasteiger partial charge on any atom is -0.481 e. The summed E-state index contributed by atoms with van der Waals surface area (Å²) in [6.45, 7) is 2.05. The Bertz CT molecular complexity index is 1200. The maximum atomic E-state index is 13.1. The first-order valence-electron chi connectivity index (χ1n) is 13.3. The van der Waals surface area contributed by atoms with E-state index in [1.54, 1.807) is 0 Å². The number of aliphatic carboxylic acids is 2. The second kappa shape index (κ2) is 18.3. The number of nitrogens with two attached hydrogens (primary N) is 3. The van der Waals surface area contributed by atoms with E-state index in [2.05, 4.69) is 41.5 Å². The van der Waals surface area contributed by atoms with Crippen LogP contribution < -0.4 is 43.8 Å². The van der Waals surface area contributed by atoms with Crippen molar-refractivity contribution in [2.24, 2.45) is 22.2 Å². The molecule has 1 heterocycles. The minimum absolute atomic E-state index is 0.00704. The van der Waals surface area contributed by atoms with Crippen molar-refractivity contribution in [1.29, 1.82) is 0 Å². The molecule has 0 fully saturated rings. The van der Waals surface area contributed by atoms with Crippen molar-refractivity contribution in [1.82, 2.24) is 36.6 Å². The van der Waals surface area contributed by atoms with Crippen molar-refractivity contribution in [3.05, 3.63) is 18.2 Å². The summed E-state index contributed by atoms with van der Waals surface area (Å²) in [6.07, 6.45) is 2.26. The number of H-pyrrole nitrogens is 1. The van der Waals surface area contributed by atoms with Crippen LogP contribution in [0.3, 0.4) is 0 Å². The van der Waals surface area contributed by atoms with Gasteiger partial charge in [-0.2, -0.15) is 0 Å². The predicted molar refractivity (Wildman–Crippen MR) is 152 cm³/mol. The molecule has 0 aromatic carbocycles. The number of rotatable bonds is 19. The number of carboxylic acids is 2. The van der Waals surface area contributed by atoms with Crippen LogP contribution in [0.1, 0.15) is 38.8 Å². The third-order valence-corrected chi connectivity index (χ3v) is 5.84. The fourth-order valence-electron chi connectivity index (χ4n) is 3.47. The molecule has 1 rings (SSSR count). The normalized spacial score (nSPS) is 14.0. The number of aromatic nitrogens is 2. The molecule has 44 heavy (non-hydrogen) atoms. The van der Waals surface area contributed by atoms with Gasteiger partial charge in [-0.05, 0) is 26.7 Å². The molecule has 0 bridgehead atoms. The van der Waals surface area contributed by atoms with Gasteiger partial charge in [-0.25, -0.2) is 4.98 Å². The van der Waals surface area contributed by atoms with Crippen LogP contribution in [0.5, 0.6) is 0 Å². The van der Waals surface area contributed by atoms with Crippen LogP contribution in [0.4, 0.5) is 0 Å². The van der Waals surface area contributed by atoms with Crippen molar-refractivity contribution in [2.75, 3.05) is 13.1 Å². The molecule has 20 nitrogen and oxygen atoms in total. The Morgan fingerprint density at radius 2 is 1.55 bits per heavy atom.